The highest BCUT2D eigenvalue weighted by Crippen LogP contribution is 2.36. The lowest BCUT2D eigenvalue weighted by atomic mass is 9.96. The predicted octanol–water partition coefficient (Wildman–Crippen LogP) is 12.2. The van der Waals surface area contributed by atoms with E-state index in [9.17, 15) is 19.5 Å². The van der Waals surface area contributed by atoms with Gasteiger partial charge in [0.25, 0.3) is 0 Å². The van der Waals surface area contributed by atoms with Crippen molar-refractivity contribution in [2.24, 2.45) is 0 Å². The molecule has 2 aromatic rings. The number of rotatable bonds is 22. The molecule has 1 amide bonds. The number of unbranched alkanes of at least 4 members (excludes halogenated alkanes) is 3. The maximum Gasteiger partial charge on any atom is 0.414 e. The number of aliphatic carboxylic acids is 2. The molecule has 340 valence electrons. The van der Waals surface area contributed by atoms with E-state index >= 15 is 0 Å². The van der Waals surface area contributed by atoms with E-state index in [4.69, 9.17) is 33.5 Å². The molecule has 0 fully saturated rings. The third kappa shape index (κ3) is 14.8. The molecule has 0 aromatic heterocycles. The van der Waals surface area contributed by atoms with Crippen LogP contribution in [0.1, 0.15) is 126 Å². The number of aryl methyl sites for hydroxylation is 1. The number of nitrogens with zero attached hydrogens (tertiary/aromatic N) is 1. The first-order chi connectivity index (χ1) is 30.9. The maximum atomic E-state index is 14.1. The highest BCUT2D eigenvalue weighted by molar-refractivity contribution is 5.89. The molecular weight excluding hydrogens is 815 g/mol. The minimum Gasteiger partial charge on any atom is -0.493 e. The molecular formula is C52H61NO11. The lowest BCUT2D eigenvalue weighted by Gasteiger charge is -2.29. The Hall–Kier alpha value is -6.43. The van der Waals surface area contributed by atoms with Gasteiger partial charge in [0.2, 0.25) is 0 Å². The molecule has 0 atom stereocenters. The SMILES string of the molecule is CC(C)(C)OC(=O)N(CCCCCCc1cccc(OCCCC(=O)O)c1CCC(=O)O)c1cc(C2=COC=C(CC3=CC=CCC3)O2)cc(C2=COC=C(CC3=CC=CCC3)O2)c1. The molecule has 2 aromatic carbocycles. The van der Waals surface area contributed by atoms with Crippen molar-refractivity contribution in [3.63, 3.8) is 0 Å². The highest BCUT2D eigenvalue weighted by atomic mass is 16.6. The lowest BCUT2D eigenvalue weighted by molar-refractivity contribution is -0.138. The van der Waals surface area contributed by atoms with E-state index < -0.39 is 23.6 Å². The van der Waals surface area contributed by atoms with Crippen molar-refractivity contribution in [1.29, 1.82) is 0 Å². The summed E-state index contributed by atoms with van der Waals surface area (Å²) in [6, 6.07) is 11.5. The standard InChI is InChI=1S/C52H61NO11/c1-52(2,3)64-51(58)53(26-13-5-4-12-20-39-21-14-22-46(45(39)24-25-50(56)57)61-27-15-23-49(54)55)42-31-40(47-35-59-33-43(62-47)28-37-16-8-6-9-17-37)30-41(32-42)48-36-60-34-44(63-48)29-38-18-10-7-11-19-38/h6-8,10,14,16,18,21-22,30-36H,4-5,9,11-13,15,17,19-20,23-29H2,1-3H3,(H,54,55)(H,56,57). The molecule has 2 N–H and O–H groups in total. The average Bonchev–Trinajstić information content (AvgIpc) is 3.27. The first-order valence-electron chi connectivity index (χ1n) is 22.4. The van der Waals surface area contributed by atoms with E-state index in [0.717, 1.165) is 56.1 Å². The van der Waals surface area contributed by atoms with Gasteiger partial charge in [0.1, 0.15) is 47.9 Å². The first-order valence-corrected chi connectivity index (χ1v) is 22.4. The van der Waals surface area contributed by atoms with Gasteiger partial charge in [-0.1, -0.05) is 72.6 Å². The van der Waals surface area contributed by atoms with Crippen LogP contribution in [-0.4, -0.2) is 47.0 Å². The molecule has 0 saturated carbocycles. The summed E-state index contributed by atoms with van der Waals surface area (Å²) in [4.78, 5) is 38.3. The fourth-order valence-electron chi connectivity index (χ4n) is 7.71. The summed E-state index contributed by atoms with van der Waals surface area (Å²) in [5.41, 5.74) is 5.54. The second-order valence-corrected chi connectivity index (χ2v) is 17.2. The zero-order chi connectivity index (χ0) is 45.3. The fourth-order valence-corrected chi connectivity index (χ4v) is 7.71. The van der Waals surface area contributed by atoms with Crippen molar-refractivity contribution in [3.05, 3.63) is 143 Å². The molecule has 6 rings (SSSR count). The van der Waals surface area contributed by atoms with Gasteiger partial charge in [-0.3, -0.25) is 14.5 Å². The molecule has 0 bridgehead atoms. The first kappa shape index (κ1) is 47.1. The summed E-state index contributed by atoms with van der Waals surface area (Å²) in [5.74, 6) is 1.14. The predicted molar refractivity (Wildman–Crippen MR) is 246 cm³/mol. The Morgan fingerprint density at radius 3 is 1.89 bits per heavy atom. The second kappa shape index (κ2) is 23.3. The van der Waals surface area contributed by atoms with Crippen LogP contribution in [-0.2, 0) is 46.1 Å². The Kier molecular flexibility index (Phi) is 17.1. The second-order valence-electron chi connectivity index (χ2n) is 17.2. The number of hydrogen-bond donors (Lipinski definition) is 2. The number of benzene rings is 2. The number of carbonyl (C=O) groups excluding carboxylic acids is 1. The van der Waals surface area contributed by atoms with Crippen molar-refractivity contribution in [2.45, 2.75) is 123 Å². The van der Waals surface area contributed by atoms with Crippen molar-refractivity contribution < 1.29 is 53.0 Å². The van der Waals surface area contributed by atoms with Gasteiger partial charge in [-0.15, -0.1) is 0 Å². The zero-order valence-electron chi connectivity index (χ0n) is 37.3. The van der Waals surface area contributed by atoms with Gasteiger partial charge in [-0.2, -0.15) is 0 Å². The number of hydrogen-bond acceptors (Lipinski definition) is 9. The van der Waals surface area contributed by atoms with Crippen LogP contribution in [0.2, 0.25) is 0 Å². The number of anilines is 1. The van der Waals surface area contributed by atoms with Gasteiger partial charge in [0.05, 0.1) is 6.61 Å². The van der Waals surface area contributed by atoms with Crippen LogP contribution in [0.25, 0.3) is 11.5 Å². The molecule has 0 radical (unpaired) electrons. The normalized spacial score (nSPS) is 15.7. The number of amides is 1. The molecule has 0 spiro atoms. The van der Waals surface area contributed by atoms with Gasteiger partial charge >= 0.3 is 18.0 Å². The zero-order valence-corrected chi connectivity index (χ0v) is 37.3. The molecule has 64 heavy (non-hydrogen) atoms. The van der Waals surface area contributed by atoms with Crippen LogP contribution < -0.4 is 9.64 Å². The van der Waals surface area contributed by atoms with Crippen LogP contribution in [0.15, 0.2) is 121 Å². The lowest BCUT2D eigenvalue weighted by Crippen LogP contribution is -2.37. The number of ether oxygens (including phenoxy) is 6. The number of allylic oxidation sites excluding steroid dienone is 8. The van der Waals surface area contributed by atoms with Gasteiger partial charge in [0, 0.05) is 49.0 Å². The van der Waals surface area contributed by atoms with E-state index in [2.05, 4.69) is 36.5 Å². The molecule has 12 heteroatoms. The summed E-state index contributed by atoms with van der Waals surface area (Å²) in [7, 11) is 0. The van der Waals surface area contributed by atoms with Crippen molar-refractivity contribution in [2.75, 3.05) is 18.1 Å². The fraction of sp³-hybridized carbons (Fsp3) is 0.404. The largest absolute Gasteiger partial charge is 0.493 e. The Balaban J connectivity index is 1.19. The Bertz CT molecular complexity index is 2160. The molecule has 4 aliphatic rings. The molecule has 2 heterocycles. The van der Waals surface area contributed by atoms with Crippen molar-refractivity contribution in [1.82, 2.24) is 0 Å². The van der Waals surface area contributed by atoms with Crippen LogP contribution in [0, 0.1) is 0 Å². The van der Waals surface area contributed by atoms with E-state index in [1.165, 1.54) is 11.1 Å². The van der Waals surface area contributed by atoms with Gasteiger partial charge in [0.15, 0.2) is 11.5 Å². The van der Waals surface area contributed by atoms with Crippen molar-refractivity contribution >= 4 is 35.2 Å². The van der Waals surface area contributed by atoms with Crippen molar-refractivity contribution in [3.8, 4) is 5.75 Å². The molecule has 0 unspecified atom stereocenters. The minimum atomic E-state index is -0.898. The summed E-state index contributed by atoms with van der Waals surface area (Å²) in [5, 5.41) is 18.5. The molecule has 12 nitrogen and oxygen atoms in total. The Morgan fingerprint density at radius 2 is 1.33 bits per heavy atom. The third-order valence-corrected chi connectivity index (χ3v) is 10.8. The molecule has 2 aliphatic carbocycles. The van der Waals surface area contributed by atoms with E-state index in [1.54, 1.807) is 29.9 Å². The summed E-state index contributed by atoms with van der Waals surface area (Å²) >= 11 is 0. The van der Waals surface area contributed by atoms with E-state index in [0.29, 0.717) is 90.7 Å². The van der Waals surface area contributed by atoms with Gasteiger partial charge < -0.3 is 38.6 Å². The maximum absolute atomic E-state index is 14.1. The smallest absolute Gasteiger partial charge is 0.414 e. The number of carbonyl (C=O) groups is 3. The third-order valence-electron chi connectivity index (χ3n) is 10.8. The van der Waals surface area contributed by atoms with Gasteiger partial charge in [-0.05, 0) is 114 Å². The van der Waals surface area contributed by atoms with Gasteiger partial charge in [-0.25, -0.2) is 4.79 Å². The quantitative estimate of drug-likeness (QED) is 0.109. The molecule has 2 aliphatic heterocycles. The van der Waals surface area contributed by atoms with E-state index in [-0.39, 0.29) is 19.4 Å². The molecule has 0 saturated heterocycles. The summed E-state index contributed by atoms with van der Waals surface area (Å²) < 4.78 is 36.6. The summed E-state index contributed by atoms with van der Waals surface area (Å²) in [6.45, 7) is 6.14. The highest BCUT2D eigenvalue weighted by Gasteiger charge is 2.27. The summed E-state index contributed by atoms with van der Waals surface area (Å²) in [6.07, 6.45) is 28.1. The van der Waals surface area contributed by atoms with Crippen LogP contribution in [0.5, 0.6) is 5.75 Å². The number of carboxylic acid groups (broad SMARTS) is 2. The topological polar surface area (TPSA) is 150 Å². The van der Waals surface area contributed by atoms with Crippen LogP contribution in [0.3, 0.4) is 0 Å². The van der Waals surface area contributed by atoms with Crippen LogP contribution in [0.4, 0.5) is 10.5 Å². The Labute approximate surface area is 376 Å². The average molecular weight is 876 g/mol. The number of carboxylic acids is 2. The monoisotopic (exact) mass is 875 g/mol. The van der Waals surface area contributed by atoms with Crippen LogP contribution >= 0.6 is 0 Å². The minimum absolute atomic E-state index is 0.00403. The van der Waals surface area contributed by atoms with E-state index in [1.807, 2.05) is 57.2 Å². The Morgan fingerprint density at radius 1 is 0.719 bits per heavy atom.